The molecule has 0 N–H and O–H groups in total. The molecule has 1 aliphatic heterocycles. The van der Waals surface area contributed by atoms with Gasteiger partial charge in [0, 0.05) is 26.1 Å². The molecule has 0 radical (unpaired) electrons. The van der Waals surface area contributed by atoms with E-state index in [0.29, 0.717) is 5.92 Å². The molecule has 23 heavy (non-hydrogen) atoms. The molecule has 0 bridgehead atoms. The van der Waals surface area contributed by atoms with Gasteiger partial charge in [-0.2, -0.15) is 0 Å². The Morgan fingerprint density at radius 1 is 1.09 bits per heavy atom. The highest BCUT2D eigenvalue weighted by atomic mass is 16.2. The summed E-state index contributed by atoms with van der Waals surface area (Å²) in [5.41, 5.74) is 0. The quantitative estimate of drug-likeness (QED) is 0.676. The molecular weight excluding hydrogens is 292 g/mol. The first-order valence-corrected chi connectivity index (χ1v) is 9.24. The van der Waals surface area contributed by atoms with Gasteiger partial charge in [0.25, 0.3) is 0 Å². The van der Waals surface area contributed by atoms with Crippen molar-refractivity contribution in [1.29, 1.82) is 0 Å². The Morgan fingerprint density at radius 3 is 2.22 bits per heavy atom. The van der Waals surface area contributed by atoms with Crippen LogP contribution in [0.3, 0.4) is 0 Å². The van der Waals surface area contributed by atoms with Crippen molar-refractivity contribution in [3.8, 4) is 0 Å². The standard InChI is InChI=1S/C18H28N2O3/c1-2-10-19(12-13-7-8-13)16(21)9-11-20-17(22)14-5-3-4-6-15(14)18(20)23/h13-15H,2-12H2,1H3. The molecule has 0 aromatic rings. The van der Waals surface area contributed by atoms with Gasteiger partial charge in [-0.25, -0.2) is 0 Å². The summed E-state index contributed by atoms with van der Waals surface area (Å²) in [5.74, 6) is 0.486. The number of carbonyl (C=O) groups excluding carboxylic acids is 3. The van der Waals surface area contributed by atoms with Crippen LogP contribution < -0.4 is 0 Å². The fourth-order valence-corrected chi connectivity index (χ4v) is 4.02. The minimum atomic E-state index is -0.107. The molecule has 2 saturated carbocycles. The maximum absolute atomic E-state index is 12.5. The van der Waals surface area contributed by atoms with Gasteiger partial charge in [-0.15, -0.1) is 0 Å². The number of rotatable bonds is 7. The molecule has 1 heterocycles. The van der Waals surface area contributed by atoms with Crippen LogP contribution in [0.25, 0.3) is 0 Å². The topological polar surface area (TPSA) is 57.7 Å². The fraction of sp³-hybridized carbons (Fsp3) is 0.833. The zero-order valence-corrected chi connectivity index (χ0v) is 14.1. The Hall–Kier alpha value is -1.39. The third kappa shape index (κ3) is 3.59. The summed E-state index contributed by atoms with van der Waals surface area (Å²) in [6.07, 6.45) is 7.43. The maximum atomic E-state index is 12.5. The first kappa shape index (κ1) is 16.5. The van der Waals surface area contributed by atoms with E-state index in [-0.39, 0.29) is 42.5 Å². The first-order chi connectivity index (χ1) is 11.1. The van der Waals surface area contributed by atoms with Crippen LogP contribution in [0.5, 0.6) is 0 Å². The molecule has 128 valence electrons. The number of hydrogen-bond acceptors (Lipinski definition) is 3. The van der Waals surface area contributed by atoms with E-state index in [2.05, 4.69) is 6.92 Å². The Bertz CT molecular complexity index is 463. The van der Waals surface area contributed by atoms with Crippen LogP contribution >= 0.6 is 0 Å². The average Bonchev–Trinajstić information content (AvgIpc) is 3.34. The van der Waals surface area contributed by atoms with E-state index < -0.39 is 0 Å². The largest absolute Gasteiger partial charge is 0.342 e. The summed E-state index contributed by atoms with van der Waals surface area (Å²) in [6.45, 7) is 3.97. The number of likely N-dealkylation sites (tertiary alicyclic amines) is 1. The normalized spacial score (nSPS) is 27.3. The lowest BCUT2D eigenvalue weighted by atomic mass is 9.81. The molecule has 3 rings (SSSR count). The highest BCUT2D eigenvalue weighted by molar-refractivity contribution is 6.05. The van der Waals surface area contributed by atoms with Gasteiger partial charge in [0.05, 0.1) is 11.8 Å². The molecule has 2 unspecified atom stereocenters. The van der Waals surface area contributed by atoms with Crippen molar-refractivity contribution in [1.82, 2.24) is 9.80 Å². The van der Waals surface area contributed by atoms with Crippen molar-refractivity contribution in [2.45, 2.75) is 58.3 Å². The Balaban J connectivity index is 1.55. The van der Waals surface area contributed by atoms with Gasteiger partial charge in [-0.05, 0) is 38.0 Å². The lowest BCUT2D eigenvalue weighted by molar-refractivity contribution is -0.140. The number of imide groups is 1. The van der Waals surface area contributed by atoms with Crippen LogP contribution in [-0.4, -0.2) is 47.2 Å². The summed E-state index contributed by atoms with van der Waals surface area (Å²) in [6, 6.07) is 0. The number of amides is 3. The van der Waals surface area contributed by atoms with Crippen molar-refractivity contribution in [3.63, 3.8) is 0 Å². The maximum Gasteiger partial charge on any atom is 0.233 e. The molecule has 3 aliphatic rings. The third-order valence-corrected chi connectivity index (χ3v) is 5.50. The van der Waals surface area contributed by atoms with Crippen LogP contribution in [0.1, 0.15) is 58.3 Å². The van der Waals surface area contributed by atoms with E-state index in [1.54, 1.807) is 0 Å². The Morgan fingerprint density at radius 2 is 1.70 bits per heavy atom. The van der Waals surface area contributed by atoms with E-state index in [4.69, 9.17) is 0 Å². The van der Waals surface area contributed by atoms with Gasteiger partial charge in [-0.3, -0.25) is 19.3 Å². The Labute approximate surface area is 138 Å². The van der Waals surface area contributed by atoms with Crippen LogP contribution in [0.2, 0.25) is 0 Å². The number of carbonyl (C=O) groups is 3. The highest BCUT2D eigenvalue weighted by Gasteiger charge is 2.47. The van der Waals surface area contributed by atoms with E-state index >= 15 is 0 Å². The highest BCUT2D eigenvalue weighted by Crippen LogP contribution is 2.38. The summed E-state index contributed by atoms with van der Waals surface area (Å²) in [5, 5.41) is 0. The number of nitrogens with zero attached hydrogens (tertiary/aromatic N) is 2. The minimum Gasteiger partial charge on any atom is -0.342 e. The number of hydrogen-bond donors (Lipinski definition) is 0. The minimum absolute atomic E-state index is 0.0308. The van der Waals surface area contributed by atoms with Crippen molar-refractivity contribution in [2.75, 3.05) is 19.6 Å². The van der Waals surface area contributed by atoms with Gasteiger partial charge < -0.3 is 4.90 Å². The summed E-state index contributed by atoms with van der Waals surface area (Å²) in [7, 11) is 0. The SMILES string of the molecule is CCCN(CC1CC1)C(=O)CCN1C(=O)C2CCCCC2C1=O. The van der Waals surface area contributed by atoms with Gasteiger partial charge >= 0.3 is 0 Å². The van der Waals surface area contributed by atoms with Crippen molar-refractivity contribution >= 4 is 17.7 Å². The van der Waals surface area contributed by atoms with Crippen LogP contribution in [-0.2, 0) is 14.4 Å². The number of fused-ring (bicyclic) bond motifs is 1. The van der Waals surface area contributed by atoms with Gasteiger partial charge in [0.1, 0.15) is 0 Å². The van der Waals surface area contributed by atoms with E-state index in [1.165, 1.54) is 17.7 Å². The van der Waals surface area contributed by atoms with E-state index in [9.17, 15) is 14.4 Å². The lowest BCUT2D eigenvalue weighted by Gasteiger charge is -2.23. The van der Waals surface area contributed by atoms with Crippen LogP contribution in [0, 0.1) is 17.8 Å². The molecule has 2 aliphatic carbocycles. The predicted molar refractivity (Wildman–Crippen MR) is 86.4 cm³/mol. The molecule has 1 saturated heterocycles. The second-order valence-electron chi connectivity index (χ2n) is 7.36. The summed E-state index contributed by atoms with van der Waals surface area (Å²) in [4.78, 5) is 40.6. The van der Waals surface area contributed by atoms with Crippen LogP contribution in [0.4, 0.5) is 0 Å². The van der Waals surface area contributed by atoms with Gasteiger partial charge in [-0.1, -0.05) is 19.8 Å². The molecule has 0 aromatic carbocycles. The van der Waals surface area contributed by atoms with E-state index in [1.807, 2.05) is 4.90 Å². The van der Waals surface area contributed by atoms with Crippen molar-refractivity contribution in [2.24, 2.45) is 17.8 Å². The van der Waals surface area contributed by atoms with Crippen molar-refractivity contribution in [3.05, 3.63) is 0 Å². The zero-order chi connectivity index (χ0) is 16.4. The molecule has 5 nitrogen and oxygen atoms in total. The molecule has 3 amide bonds. The molecule has 2 atom stereocenters. The fourth-order valence-electron chi connectivity index (χ4n) is 4.02. The lowest BCUT2D eigenvalue weighted by Crippen LogP contribution is -2.38. The zero-order valence-electron chi connectivity index (χ0n) is 14.1. The average molecular weight is 320 g/mol. The van der Waals surface area contributed by atoms with Crippen molar-refractivity contribution < 1.29 is 14.4 Å². The second kappa shape index (κ2) is 7.02. The molecule has 3 fully saturated rings. The molecule has 0 spiro atoms. The molecular formula is C18H28N2O3. The summed E-state index contributed by atoms with van der Waals surface area (Å²) >= 11 is 0. The molecule has 5 heteroatoms. The smallest absolute Gasteiger partial charge is 0.233 e. The predicted octanol–water partition coefficient (Wildman–Crippen LogP) is 2.20. The monoisotopic (exact) mass is 320 g/mol. The van der Waals surface area contributed by atoms with E-state index in [0.717, 1.165) is 45.2 Å². The summed E-state index contributed by atoms with van der Waals surface area (Å²) < 4.78 is 0. The molecule has 0 aromatic heterocycles. The van der Waals surface area contributed by atoms with Crippen LogP contribution in [0.15, 0.2) is 0 Å². The van der Waals surface area contributed by atoms with Gasteiger partial charge in [0.15, 0.2) is 0 Å². The second-order valence-corrected chi connectivity index (χ2v) is 7.36. The Kier molecular flexibility index (Phi) is 5.02. The van der Waals surface area contributed by atoms with Gasteiger partial charge in [0.2, 0.25) is 17.7 Å². The third-order valence-electron chi connectivity index (χ3n) is 5.50. The first-order valence-electron chi connectivity index (χ1n) is 9.24.